The molecule has 2 aliphatic rings. The van der Waals surface area contributed by atoms with Gasteiger partial charge in [-0.1, -0.05) is 72.8 Å². The largest absolute Gasteiger partial charge is 0.339 e. The third kappa shape index (κ3) is 3.67. The van der Waals surface area contributed by atoms with Gasteiger partial charge < -0.3 is 10.2 Å². The minimum atomic E-state index is -1.27. The first-order valence-corrected chi connectivity index (χ1v) is 11.2. The molecule has 2 saturated heterocycles. The van der Waals surface area contributed by atoms with Crippen LogP contribution in [0, 0.1) is 0 Å². The van der Waals surface area contributed by atoms with Gasteiger partial charge in [0.1, 0.15) is 0 Å². The molecule has 4 amide bonds. The smallest absolute Gasteiger partial charge is 0.325 e. The van der Waals surface area contributed by atoms with Gasteiger partial charge in [-0.3, -0.25) is 14.5 Å². The van der Waals surface area contributed by atoms with E-state index in [0.29, 0.717) is 16.7 Å². The van der Waals surface area contributed by atoms with Crippen LogP contribution in [0.3, 0.4) is 0 Å². The molecule has 0 radical (unpaired) electrons. The van der Waals surface area contributed by atoms with Gasteiger partial charge in [-0.2, -0.15) is 0 Å². The van der Waals surface area contributed by atoms with Gasteiger partial charge in [-0.25, -0.2) is 4.79 Å². The summed E-state index contributed by atoms with van der Waals surface area (Å²) in [4.78, 5) is 42.5. The first kappa shape index (κ1) is 20.9. The number of nitrogens with one attached hydrogen (secondary N) is 1. The highest BCUT2D eigenvalue weighted by molar-refractivity contribution is 6.09. The number of hydrogen-bond acceptors (Lipinski definition) is 3. The van der Waals surface area contributed by atoms with E-state index in [-0.39, 0.29) is 18.4 Å². The topological polar surface area (TPSA) is 69.7 Å². The number of benzene rings is 3. The Balaban J connectivity index is 1.42. The zero-order chi connectivity index (χ0) is 22.8. The van der Waals surface area contributed by atoms with Crippen molar-refractivity contribution in [1.82, 2.24) is 15.1 Å². The van der Waals surface area contributed by atoms with E-state index in [2.05, 4.69) is 5.32 Å². The lowest BCUT2D eigenvalue weighted by Gasteiger charge is -2.28. The summed E-state index contributed by atoms with van der Waals surface area (Å²) in [6, 6.07) is 25.4. The number of amides is 4. The highest BCUT2D eigenvalue weighted by Gasteiger charge is 2.53. The average molecular weight is 440 g/mol. The number of likely N-dealkylation sites (tertiary alicyclic amines) is 1. The van der Waals surface area contributed by atoms with E-state index in [1.165, 1.54) is 4.90 Å². The Hall–Kier alpha value is -3.93. The number of rotatable bonds is 5. The van der Waals surface area contributed by atoms with Gasteiger partial charge in [0.15, 0.2) is 5.54 Å². The molecule has 3 aromatic carbocycles. The highest BCUT2D eigenvalue weighted by Crippen LogP contribution is 2.36. The van der Waals surface area contributed by atoms with E-state index in [1.54, 1.807) is 12.1 Å². The maximum absolute atomic E-state index is 13.8. The number of hydrogen-bond donors (Lipinski definition) is 1. The van der Waals surface area contributed by atoms with Crippen LogP contribution in [0.15, 0.2) is 84.9 Å². The van der Waals surface area contributed by atoms with Crippen molar-refractivity contribution < 1.29 is 14.4 Å². The Morgan fingerprint density at radius 2 is 1.33 bits per heavy atom. The van der Waals surface area contributed by atoms with E-state index in [9.17, 15) is 14.4 Å². The molecule has 166 valence electrons. The molecule has 3 aromatic rings. The Kier molecular flexibility index (Phi) is 5.42. The molecule has 6 nitrogen and oxygen atoms in total. The first-order valence-electron chi connectivity index (χ1n) is 11.2. The van der Waals surface area contributed by atoms with Gasteiger partial charge in [0.2, 0.25) is 0 Å². The summed E-state index contributed by atoms with van der Waals surface area (Å²) in [5, 5.41) is 2.96. The van der Waals surface area contributed by atoms with Crippen molar-refractivity contribution in [2.24, 2.45) is 0 Å². The predicted octanol–water partition coefficient (Wildman–Crippen LogP) is 3.92. The van der Waals surface area contributed by atoms with Crippen LogP contribution in [-0.4, -0.2) is 40.7 Å². The minimum absolute atomic E-state index is 0.0289. The van der Waals surface area contributed by atoms with Crippen LogP contribution in [0.2, 0.25) is 0 Å². The fraction of sp³-hybridized carbons (Fsp3) is 0.222. The Morgan fingerprint density at radius 1 is 0.788 bits per heavy atom. The van der Waals surface area contributed by atoms with Crippen LogP contribution in [-0.2, 0) is 16.9 Å². The van der Waals surface area contributed by atoms with Crippen LogP contribution >= 0.6 is 0 Å². The second kappa shape index (κ2) is 8.54. The summed E-state index contributed by atoms with van der Waals surface area (Å²) in [5.41, 5.74) is 1.56. The van der Waals surface area contributed by atoms with Crippen LogP contribution < -0.4 is 5.32 Å². The van der Waals surface area contributed by atoms with Crippen LogP contribution in [0.5, 0.6) is 0 Å². The Bertz CT molecular complexity index is 1130. The SMILES string of the molecule is O=C(c1ccc(CN2C(=O)NC(c3ccccc3)(c3ccccc3)C2=O)cc1)N1CCCC1. The van der Waals surface area contributed by atoms with E-state index >= 15 is 0 Å². The molecule has 0 atom stereocenters. The second-order valence-electron chi connectivity index (χ2n) is 8.50. The predicted molar refractivity (Wildman–Crippen MR) is 124 cm³/mol. The van der Waals surface area contributed by atoms with E-state index in [4.69, 9.17) is 0 Å². The van der Waals surface area contributed by atoms with Gasteiger partial charge in [0.25, 0.3) is 11.8 Å². The average Bonchev–Trinajstić information content (AvgIpc) is 3.49. The van der Waals surface area contributed by atoms with Crippen molar-refractivity contribution >= 4 is 17.8 Å². The maximum atomic E-state index is 13.8. The summed E-state index contributed by atoms with van der Waals surface area (Å²) < 4.78 is 0. The molecule has 0 spiro atoms. The van der Waals surface area contributed by atoms with E-state index in [0.717, 1.165) is 31.5 Å². The van der Waals surface area contributed by atoms with Gasteiger partial charge >= 0.3 is 6.03 Å². The zero-order valence-corrected chi connectivity index (χ0v) is 18.2. The summed E-state index contributed by atoms with van der Waals surface area (Å²) >= 11 is 0. The molecule has 0 aromatic heterocycles. The number of nitrogens with zero attached hydrogens (tertiary/aromatic N) is 2. The van der Waals surface area contributed by atoms with E-state index < -0.39 is 11.6 Å². The lowest BCUT2D eigenvalue weighted by atomic mass is 9.82. The standard InChI is InChI=1S/C27H25N3O3/c31-24(29-17-7-8-18-29)21-15-13-20(14-16-21)19-30-25(32)27(28-26(30)33,22-9-3-1-4-10-22)23-11-5-2-6-12-23/h1-6,9-16H,7-8,17-19H2,(H,28,33). The highest BCUT2D eigenvalue weighted by atomic mass is 16.2. The molecular weight excluding hydrogens is 414 g/mol. The first-order chi connectivity index (χ1) is 16.1. The quantitative estimate of drug-likeness (QED) is 0.613. The summed E-state index contributed by atoms with van der Waals surface area (Å²) in [6.07, 6.45) is 2.08. The molecule has 0 aliphatic carbocycles. The molecule has 5 rings (SSSR count). The molecule has 2 heterocycles. The van der Waals surface area contributed by atoms with Crippen LogP contribution in [0.1, 0.15) is 39.9 Å². The lowest BCUT2D eigenvalue weighted by Crippen LogP contribution is -2.45. The normalized spacial score (nSPS) is 17.3. The molecule has 1 N–H and O–H groups in total. The summed E-state index contributed by atoms with van der Waals surface area (Å²) in [5.74, 6) is -0.289. The number of urea groups is 1. The fourth-order valence-corrected chi connectivity index (χ4v) is 4.69. The molecule has 0 bridgehead atoms. The minimum Gasteiger partial charge on any atom is -0.339 e. The van der Waals surface area contributed by atoms with Crippen LogP contribution in [0.4, 0.5) is 4.79 Å². The molecule has 33 heavy (non-hydrogen) atoms. The fourth-order valence-electron chi connectivity index (χ4n) is 4.69. The second-order valence-corrected chi connectivity index (χ2v) is 8.50. The van der Waals surface area contributed by atoms with Crippen molar-refractivity contribution in [2.45, 2.75) is 24.9 Å². The van der Waals surface area contributed by atoms with E-state index in [1.807, 2.05) is 77.7 Å². The monoisotopic (exact) mass is 439 g/mol. The molecule has 0 unspecified atom stereocenters. The van der Waals surface area contributed by atoms with Gasteiger partial charge in [-0.15, -0.1) is 0 Å². The number of carbonyl (C=O) groups excluding carboxylic acids is 3. The van der Waals surface area contributed by atoms with Crippen LogP contribution in [0.25, 0.3) is 0 Å². The molecule has 0 saturated carbocycles. The number of imide groups is 1. The summed E-state index contributed by atoms with van der Waals surface area (Å²) in [7, 11) is 0. The zero-order valence-electron chi connectivity index (χ0n) is 18.2. The Labute approximate surface area is 192 Å². The van der Waals surface area contributed by atoms with Gasteiger partial charge in [0.05, 0.1) is 6.54 Å². The maximum Gasteiger partial charge on any atom is 0.325 e. The molecule has 2 aliphatic heterocycles. The van der Waals surface area contributed by atoms with Crippen molar-refractivity contribution in [1.29, 1.82) is 0 Å². The van der Waals surface area contributed by atoms with Crippen molar-refractivity contribution in [3.05, 3.63) is 107 Å². The molecule has 6 heteroatoms. The summed E-state index contributed by atoms with van der Waals surface area (Å²) in [6.45, 7) is 1.72. The van der Waals surface area contributed by atoms with Gasteiger partial charge in [-0.05, 0) is 41.7 Å². The lowest BCUT2D eigenvalue weighted by molar-refractivity contribution is -0.130. The Morgan fingerprint density at radius 3 is 1.88 bits per heavy atom. The molecular formula is C27H25N3O3. The van der Waals surface area contributed by atoms with Gasteiger partial charge in [0, 0.05) is 18.7 Å². The third-order valence-electron chi connectivity index (χ3n) is 6.45. The van der Waals surface area contributed by atoms with Crippen molar-refractivity contribution in [2.75, 3.05) is 13.1 Å². The van der Waals surface area contributed by atoms with Crippen molar-refractivity contribution in [3.63, 3.8) is 0 Å². The van der Waals surface area contributed by atoms with Crippen molar-refractivity contribution in [3.8, 4) is 0 Å². The third-order valence-corrected chi connectivity index (χ3v) is 6.45. The molecule has 2 fully saturated rings. The number of carbonyl (C=O) groups is 3.